The molecule has 9 heteroatoms. The van der Waals surface area contributed by atoms with Gasteiger partial charge in [-0.05, 0) is 44.2 Å². The van der Waals surface area contributed by atoms with E-state index in [1.54, 1.807) is 49.6 Å². The van der Waals surface area contributed by atoms with Crippen LogP contribution in [0.2, 0.25) is 0 Å². The topological polar surface area (TPSA) is 90.0 Å². The van der Waals surface area contributed by atoms with Crippen molar-refractivity contribution >= 4 is 34.5 Å². The maximum atomic E-state index is 12.9. The molecule has 1 aliphatic rings. The summed E-state index contributed by atoms with van der Waals surface area (Å²) in [5, 5.41) is 5.72. The van der Waals surface area contributed by atoms with Gasteiger partial charge in [-0.2, -0.15) is 0 Å². The van der Waals surface area contributed by atoms with Crippen molar-refractivity contribution in [2.24, 2.45) is 0 Å². The molecule has 8 nitrogen and oxygen atoms in total. The maximum absolute atomic E-state index is 12.9. The van der Waals surface area contributed by atoms with Crippen LogP contribution in [0.3, 0.4) is 0 Å². The zero-order valence-corrected chi connectivity index (χ0v) is 19.0. The zero-order valence-electron chi connectivity index (χ0n) is 18.2. The van der Waals surface area contributed by atoms with Crippen molar-refractivity contribution in [1.82, 2.24) is 4.98 Å². The number of rotatable bonds is 6. The smallest absolute Gasteiger partial charge is 0.268 e. The van der Waals surface area contributed by atoms with Gasteiger partial charge < -0.3 is 19.5 Å². The number of amides is 2. The van der Waals surface area contributed by atoms with Crippen LogP contribution in [0, 0.1) is 6.92 Å². The molecule has 1 unspecified atom stereocenters. The molecule has 2 heterocycles. The zero-order chi connectivity index (χ0) is 22.8. The molecular weight excluding hydrogens is 430 g/mol. The van der Waals surface area contributed by atoms with Crippen LogP contribution in [0.15, 0.2) is 41.8 Å². The van der Waals surface area contributed by atoms with Gasteiger partial charge in [0.05, 0.1) is 36.3 Å². The summed E-state index contributed by atoms with van der Waals surface area (Å²) >= 11 is 1.55. The number of carbonyl (C=O) groups is 2. The molecule has 0 fully saturated rings. The maximum Gasteiger partial charge on any atom is 0.268 e. The van der Waals surface area contributed by atoms with Gasteiger partial charge in [-0.3, -0.25) is 14.5 Å². The predicted molar refractivity (Wildman–Crippen MR) is 123 cm³/mol. The first kappa shape index (κ1) is 21.6. The SMILES string of the molecule is COc1ccc(NC(=O)CN2C(=O)C(C)Oc3ccc(-c4csc(C)n4)cc32)c(OC)c1. The largest absolute Gasteiger partial charge is 0.497 e. The highest BCUT2D eigenvalue weighted by atomic mass is 32.1. The standard InChI is InChI=1S/C23H23N3O5S/c1-13-23(28)26(11-22(27)25-17-7-6-16(29-3)10-21(17)30-4)19-9-15(5-8-20(19)31-13)18-12-32-14(2)24-18/h5-10,12-13H,11H2,1-4H3,(H,25,27). The quantitative estimate of drug-likeness (QED) is 0.609. The van der Waals surface area contributed by atoms with Crippen LogP contribution in [-0.2, 0) is 9.59 Å². The fourth-order valence-electron chi connectivity index (χ4n) is 3.46. The fourth-order valence-corrected chi connectivity index (χ4v) is 4.08. The first-order valence-corrected chi connectivity index (χ1v) is 10.8. The Labute approximate surface area is 189 Å². The minimum Gasteiger partial charge on any atom is -0.497 e. The van der Waals surface area contributed by atoms with Gasteiger partial charge in [-0.25, -0.2) is 4.98 Å². The van der Waals surface area contributed by atoms with E-state index in [9.17, 15) is 9.59 Å². The molecule has 3 aromatic rings. The van der Waals surface area contributed by atoms with Gasteiger partial charge in [0.2, 0.25) is 5.91 Å². The molecule has 0 bridgehead atoms. The van der Waals surface area contributed by atoms with Crippen LogP contribution >= 0.6 is 11.3 Å². The Kier molecular flexibility index (Phi) is 6.00. The molecule has 2 aromatic carbocycles. The lowest BCUT2D eigenvalue weighted by atomic mass is 10.1. The Hall–Kier alpha value is -3.59. The van der Waals surface area contributed by atoms with E-state index in [-0.39, 0.29) is 18.4 Å². The van der Waals surface area contributed by atoms with Crippen molar-refractivity contribution in [3.63, 3.8) is 0 Å². The van der Waals surface area contributed by atoms with Crippen molar-refractivity contribution in [2.75, 3.05) is 31.0 Å². The minimum absolute atomic E-state index is 0.172. The number of fused-ring (bicyclic) bond motifs is 1. The summed E-state index contributed by atoms with van der Waals surface area (Å²) in [6.45, 7) is 3.43. The van der Waals surface area contributed by atoms with E-state index in [1.165, 1.54) is 12.0 Å². The number of aromatic nitrogens is 1. The summed E-state index contributed by atoms with van der Waals surface area (Å²) in [5.74, 6) is 0.956. The number of thiazole rings is 1. The van der Waals surface area contributed by atoms with E-state index in [2.05, 4.69) is 10.3 Å². The molecule has 0 aliphatic carbocycles. The number of benzene rings is 2. The number of hydrogen-bond acceptors (Lipinski definition) is 7. The minimum atomic E-state index is -0.696. The fraction of sp³-hybridized carbons (Fsp3) is 0.261. The molecule has 1 N–H and O–H groups in total. The molecule has 1 aromatic heterocycles. The lowest BCUT2D eigenvalue weighted by Crippen LogP contribution is -2.47. The lowest BCUT2D eigenvalue weighted by Gasteiger charge is -2.33. The number of anilines is 2. The molecule has 32 heavy (non-hydrogen) atoms. The van der Waals surface area contributed by atoms with Crippen LogP contribution in [0.25, 0.3) is 11.3 Å². The number of ether oxygens (including phenoxy) is 3. The van der Waals surface area contributed by atoms with Crippen LogP contribution in [-0.4, -0.2) is 43.7 Å². The van der Waals surface area contributed by atoms with Gasteiger partial charge in [-0.15, -0.1) is 11.3 Å². The second kappa shape index (κ2) is 8.88. The van der Waals surface area contributed by atoms with Crippen molar-refractivity contribution in [3.05, 3.63) is 46.8 Å². The molecule has 0 spiro atoms. The molecule has 2 amide bonds. The van der Waals surface area contributed by atoms with Crippen LogP contribution in [0.5, 0.6) is 17.2 Å². The Morgan fingerprint density at radius 2 is 2.03 bits per heavy atom. The third-order valence-corrected chi connectivity index (χ3v) is 5.84. The van der Waals surface area contributed by atoms with Crippen molar-refractivity contribution in [1.29, 1.82) is 0 Å². The summed E-state index contributed by atoms with van der Waals surface area (Å²) in [6, 6.07) is 10.6. The summed E-state index contributed by atoms with van der Waals surface area (Å²) in [7, 11) is 3.06. The van der Waals surface area contributed by atoms with Crippen molar-refractivity contribution in [2.45, 2.75) is 20.0 Å². The van der Waals surface area contributed by atoms with E-state index < -0.39 is 6.10 Å². The number of carbonyl (C=O) groups excluding carboxylic acids is 2. The number of aryl methyl sites for hydroxylation is 1. The molecule has 1 atom stereocenters. The Balaban J connectivity index is 1.61. The number of methoxy groups -OCH3 is 2. The molecule has 0 saturated heterocycles. The molecule has 1 aliphatic heterocycles. The summed E-state index contributed by atoms with van der Waals surface area (Å²) in [5.41, 5.74) is 2.68. The van der Waals surface area contributed by atoms with Crippen LogP contribution in [0.4, 0.5) is 11.4 Å². The average molecular weight is 454 g/mol. The summed E-state index contributed by atoms with van der Waals surface area (Å²) in [4.78, 5) is 31.7. The number of hydrogen-bond donors (Lipinski definition) is 1. The first-order chi connectivity index (χ1) is 15.4. The van der Waals surface area contributed by atoms with Gasteiger partial charge in [0, 0.05) is 17.0 Å². The Morgan fingerprint density at radius 3 is 2.72 bits per heavy atom. The van der Waals surface area contributed by atoms with Gasteiger partial charge >= 0.3 is 0 Å². The van der Waals surface area contributed by atoms with Crippen LogP contribution in [0.1, 0.15) is 11.9 Å². The highest BCUT2D eigenvalue weighted by Gasteiger charge is 2.33. The highest BCUT2D eigenvalue weighted by Crippen LogP contribution is 2.38. The average Bonchev–Trinajstić information content (AvgIpc) is 3.23. The predicted octanol–water partition coefficient (Wildman–Crippen LogP) is 3.89. The Bertz CT molecular complexity index is 1180. The number of nitrogens with one attached hydrogen (secondary N) is 1. The summed E-state index contributed by atoms with van der Waals surface area (Å²) in [6.07, 6.45) is -0.696. The molecule has 4 rings (SSSR count). The first-order valence-electron chi connectivity index (χ1n) is 9.96. The van der Waals surface area contributed by atoms with Gasteiger partial charge in [0.1, 0.15) is 23.8 Å². The van der Waals surface area contributed by atoms with Crippen LogP contribution < -0.4 is 24.4 Å². The van der Waals surface area contributed by atoms with Crippen molar-refractivity contribution in [3.8, 4) is 28.5 Å². The van der Waals surface area contributed by atoms with E-state index in [1.807, 2.05) is 24.4 Å². The van der Waals surface area contributed by atoms with Gasteiger partial charge in [0.15, 0.2) is 6.10 Å². The van der Waals surface area contributed by atoms with E-state index in [0.29, 0.717) is 28.6 Å². The molecule has 0 radical (unpaired) electrons. The third-order valence-electron chi connectivity index (χ3n) is 5.07. The summed E-state index contributed by atoms with van der Waals surface area (Å²) < 4.78 is 16.3. The van der Waals surface area contributed by atoms with E-state index in [0.717, 1.165) is 16.3 Å². The van der Waals surface area contributed by atoms with E-state index in [4.69, 9.17) is 14.2 Å². The highest BCUT2D eigenvalue weighted by molar-refractivity contribution is 7.09. The van der Waals surface area contributed by atoms with Gasteiger partial charge in [-0.1, -0.05) is 0 Å². The second-order valence-corrected chi connectivity index (χ2v) is 8.30. The third kappa shape index (κ3) is 4.24. The molecule has 166 valence electrons. The van der Waals surface area contributed by atoms with Gasteiger partial charge in [0.25, 0.3) is 5.91 Å². The Morgan fingerprint density at radius 1 is 1.22 bits per heavy atom. The molecule has 0 saturated carbocycles. The lowest BCUT2D eigenvalue weighted by molar-refractivity contribution is -0.127. The normalized spacial score (nSPS) is 15.1. The monoisotopic (exact) mass is 453 g/mol. The second-order valence-electron chi connectivity index (χ2n) is 7.23. The molecular formula is C23H23N3O5S. The number of nitrogens with zero attached hydrogens (tertiary/aromatic N) is 2. The van der Waals surface area contributed by atoms with E-state index >= 15 is 0 Å². The van der Waals surface area contributed by atoms with Crippen molar-refractivity contribution < 1.29 is 23.8 Å².